The van der Waals surface area contributed by atoms with E-state index in [1.54, 1.807) is 6.07 Å². The van der Waals surface area contributed by atoms with Crippen LogP contribution in [0, 0.1) is 15.9 Å². The Morgan fingerprint density at radius 1 is 1.23 bits per heavy atom. The summed E-state index contributed by atoms with van der Waals surface area (Å²) < 4.78 is 23.3. The van der Waals surface area contributed by atoms with Crippen LogP contribution >= 0.6 is 0 Å². The molecular formula is C15H12FNO5. The molecule has 0 saturated heterocycles. The number of hydrogen-bond acceptors (Lipinski definition) is 5. The van der Waals surface area contributed by atoms with Crippen LogP contribution in [0.25, 0.3) is 0 Å². The van der Waals surface area contributed by atoms with Gasteiger partial charge in [0, 0.05) is 12.1 Å². The second-order valence-electron chi connectivity index (χ2n) is 4.37. The highest BCUT2D eigenvalue weighted by Crippen LogP contribution is 2.20. The number of halogens is 1. The average molecular weight is 305 g/mol. The number of rotatable bonds is 5. The topological polar surface area (TPSA) is 78.7 Å². The van der Waals surface area contributed by atoms with Crippen molar-refractivity contribution in [1.82, 2.24) is 0 Å². The van der Waals surface area contributed by atoms with Gasteiger partial charge in [-0.05, 0) is 29.8 Å². The van der Waals surface area contributed by atoms with Crippen LogP contribution in [0.2, 0.25) is 0 Å². The fourth-order valence-corrected chi connectivity index (χ4v) is 1.79. The lowest BCUT2D eigenvalue weighted by Gasteiger charge is -2.06. The van der Waals surface area contributed by atoms with Gasteiger partial charge in [-0.3, -0.25) is 14.9 Å². The zero-order valence-electron chi connectivity index (χ0n) is 11.6. The Hall–Kier alpha value is -2.96. The maximum Gasteiger partial charge on any atom is 0.315 e. The summed E-state index contributed by atoms with van der Waals surface area (Å²) in [6.45, 7) is 0. The molecule has 2 aromatic carbocycles. The van der Waals surface area contributed by atoms with E-state index in [2.05, 4.69) is 0 Å². The second-order valence-corrected chi connectivity index (χ2v) is 4.37. The number of hydrogen-bond donors (Lipinski definition) is 0. The Morgan fingerprint density at radius 2 is 1.91 bits per heavy atom. The lowest BCUT2D eigenvalue weighted by Crippen LogP contribution is -2.11. The normalized spacial score (nSPS) is 10.1. The van der Waals surface area contributed by atoms with E-state index in [4.69, 9.17) is 9.47 Å². The Balaban J connectivity index is 2.00. The molecule has 2 aromatic rings. The molecule has 0 heterocycles. The van der Waals surface area contributed by atoms with E-state index in [-0.39, 0.29) is 23.6 Å². The number of esters is 1. The van der Waals surface area contributed by atoms with Gasteiger partial charge in [-0.1, -0.05) is 6.07 Å². The van der Waals surface area contributed by atoms with Gasteiger partial charge in [0.05, 0.1) is 18.5 Å². The van der Waals surface area contributed by atoms with Gasteiger partial charge in [0.1, 0.15) is 5.75 Å². The first-order valence-electron chi connectivity index (χ1n) is 6.27. The van der Waals surface area contributed by atoms with E-state index in [1.165, 1.54) is 43.5 Å². The average Bonchev–Trinajstić information content (AvgIpc) is 2.48. The van der Waals surface area contributed by atoms with Gasteiger partial charge >= 0.3 is 5.97 Å². The summed E-state index contributed by atoms with van der Waals surface area (Å²) in [5, 5.41) is 10.5. The van der Waals surface area contributed by atoms with Crippen molar-refractivity contribution in [2.45, 2.75) is 6.42 Å². The quantitative estimate of drug-likeness (QED) is 0.367. The van der Waals surface area contributed by atoms with E-state index in [0.29, 0.717) is 5.56 Å². The molecule has 0 atom stereocenters. The van der Waals surface area contributed by atoms with Crippen molar-refractivity contribution < 1.29 is 23.6 Å². The number of ether oxygens (including phenoxy) is 2. The molecule has 0 aliphatic heterocycles. The molecule has 2 rings (SSSR count). The van der Waals surface area contributed by atoms with Crippen molar-refractivity contribution in [2.75, 3.05) is 7.11 Å². The zero-order valence-corrected chi connectivity index (χ0v) is 11.6. The monoisotopic (exact) mass is 305 g/mol. The van der Waals surface area contributed by atoms with Gasteiger partial charge in [0.15, 0.2) is 11.6 Å². The van der Waals surface area contributed by atoms with Crippen LogP contribution in [0.3, 0.4) is 0 Å². The summed E-state index contributed by atoms with van der Waals surface area (Å²) in [6, 6.07) is 9.28. The summed E-state index contributed by atoms with van der Waals surface area (Å²) in [5.41, 5.74) is 0.335. The lowest BCUT2D eigenvalue weighted by atomic mass is 10.1. The molecule has 0 radical (unpaired) electrons. The SMILES string of the molecule is COc1ccc(CC(=O)Oc2ccc([N+](=O)[O-])cc2)cc1F. The molecule has 22 heavy (non-hydrogen) atoms. The molecule has 0 bridgehead atoms. The number of non-ortho nitro benzene ring substituents is 1. The number of nitro benzene ring substituents is 1. The fraction of sp³-hybridized carbons (Fsp3) is 0.133. The lowest BCUT2D eigenvalue weighted by molar-refractivity contribution is -0.384. The third-order valence-corrected chi connectivity index (χ3v) is 2.84. The van der Waals surface area contributed by atoms with Crippen molar-refractivity contribution in [1.29, 1.82) is 0 Å². The van der Waals surface area contributed by atoms with Gasteiger partial charge < -0.3 is 9.47 Å². The molecule has 0 spiro atoms. The highest BCUT2D eigenvalue weighted by atomic mass is 19.1. The zero-order chi connectivity index (χ0) is 16.1. The van der Waals surface area contributed by atoms with Gasteiger partial charge in [0.2, 0.25) is 0 Å². The molecule has 0 aromatic heterocycles. The second kappa shape index (κ2) is 6.66. The minimum Gasteiger partial charge on any atom is -0.494 e. The number of carbonyl (C=O) groups excluding carboxylic acids is 1. The molecule has 6 nitrogen and oxygen atoms in total. The summed E-state index contributed by atoms with van der Waals surface area (Å²) >= 11 is 0. The Morgan fingerprint density at radius 3 is 2.45 bits per heavy atom. The minimum atomic E-state index is -0.599. The van der Waals surface area contributed by atoms with E-state index in [1.807, 2.05) is 0 Å². The summed E-state index contributed by atoms with van der Waals surface area (Å²) in [7, 11) is 1.35. The molecule has 0 unspecified atom stereocenters. The van der Waals surface area contributed by atoms with Crippen molar-refractivity contribution in [3.05, 3.63) is 64.0 Å². The molecule has 0 N–H and O–H groups in total. The number of nitrogens with zero attached hydrogens (tertiary/aromatic N) is 1. The summed E-state index contributed by atoms with van der Waals surface area (Å²) in [4.78, 5) is 21.7. The smallest absolute Gasteiger partial charge is 0.315 e. The molecule has 0 aliphatic carbocycles. The Bertz CT molecular complexity index is 700. The molecule has 7 heteroatoms. The third-order valence-electron chi connectivity index (χ3n) is 2.84. The van der Waals surface area contributed by atoms with Crippen molar-refractivity contribution in [3.63, 3.8) is 0 Å². The molecule has 0 saturated carbocycles. The number of benzene rings is 2. The van der Waals surface area contributed by atoms with Crippen LogP contribution in [0.15, 0.2) is 42.5 Å². The molecule has 0 aliphatic rings. The first-order chi connectivity index (χ1) is 10.5. The largest absolute Gasteiger partial charge is 0.494 e. The maximum atomic E-state index is 13.5. The fourth-order valence-electron chi connectivity index (χ4n) is 1.79. The maximum absolute atomic E-state index is 13.5. The number of carbonyl (C=O) groups is 1. The van der Waals surface area contributed by atoms with Crippen LogP contribution in [-0.4, -0.2) is 18.0 Å². The first-order valence-corrected chi connectivity index (χ1v) is 6.27. The van der Waals surface area contributed by atoms with Crippen molar-refractivity contribution in [2.24, 2.45) is 0 Å². The van der Waals surface area contributed by atoms with Crippen LogP contribution < -0.4 is 9.47 Å². The van der Waals surface area contributed by atoms with E-state index in [0.717, 1.165) is 0 Å². The van der Waals surface area contributed by atoms with Crippen LogP contribution in [-0.2, 0) is 11.2 Å². The van der Waals surface area contributed by atoms with E-state index in [9.17, 15) is 19.3 Å². The van der Waals surface area contributed by atoms with E-state index < -0.39 is 16.7 Å². The van der Waals surface area contributed by atoms with Gasteiger partial charge in [-0.15, -0.1) is 0 Å². The van der Waals surface area contributed by atoms with Crippen LogP contribution in [0.4, 0.5) is 10.1 Å². The van der Waals surface area contributed by atoms with Gasteiger partial charge in [-0.2, -0.15) is 0 Å². The van der Waals surface area contributed by atoms with E-state index >= 15 is 0 Å². The highest BCUT2D eigenvalue weighted by Gasteiger charge is 2.11. The molecule has 0 fully saturated rings. The Kier molecular flexibility index (Phi) is 4.67. The first kappa shape index (κ1) is 15.4. The minimum absolute atomic E-state index is 0.0903. The van der Waals surface area contributed by atoms with Crippen molar-refractivity contribution >= 4 is 11.7 Å². The molecule has 114 valence electrons. The third kappa shape index (κ3) is 3.78. The molecular weight excluding hydrogens is 293 g/mol. The standard InChI is InChI=1S/C15H12FNO5/c1-21-14-7-2-10(8-13(14)16)9-15(18)22-12-5-3-11(4-6-12)17(19)20/h2-8H,9H2,1H3. The summed E-state index contributed by atoms with van der Waals surface area (Å²) in [5.74, 6) is -0.890. The Labute approximate surface area is 125 Å². The van der Waals surface area contributed by atoms with Crippen molar-refractivity contribution in [3.8, 4) is 11.5 Å². The van der Waals surface area contributed by atoms with Gasteiger partial charge in [-0.25, -0.2) is 4.39 Å². The number of methoxy groups -OCH3 is 1. The predicted octanol–water partition coefficient (Wildman–Crippen LogP) is 2.89. The highest BCUT2D eigenvalue weighted by molar-refractivity contribution is 5.75. The number of nitro groups is 1. The van der Waals surface area contributed by atoms with Crippen LogP contribution in [0.1, 0.15) is 5.56 Å². The van der Waals surface area contributed by atoms with Crippen LogP contribution in [0.5, 0.6) is 11.5 Å². The summed E-state index contributed by atoms with van der Waals surface area (Å²) in [6.07, 6.45) is -0.127. The molecule has 0 amide bonds. The predicted molar refractivity (Wildman–Crippen MR) is 75.4 cm³/mol. The van der Waals surface area contributed by atoms with Gasteiger partial charge in [0.25, 0.3) is 5.69 Å².